The second-order valence-electron chi connectivity index (χ2n) is 5.77. The van der Waals surface area contributed by atoms with Gasteiger partial charge in [0.2, 0.25) is 5.89 Å². The molecule has 6 heteroatoms. The highest BCUT2D eigenvalue weighted by molar-refractivity contribution is 5.91. The highest BCUT2D eigenvalue weighted by Crippen LogP contribution is 2.18. The van der Waals surface area contributed by atoms with Gasteiger partial charge in [0.05, 0.1) is 6.04 Å². The Hall–Kier alpha value is -1.40. The van der Waals surface area contributed by atoms with Gasteiger partial charge in [-0.1, -0.05) is 26.7 Å². The molecule has 21 heavy (non-hydrogen) atoms. The summed E-state index contributed by atoms with van der Waals surface area (Å²) in [7, 11) is 0. The van der Waals surface area contributed by atoms with Crippen LogP contribution in [-0.4, -0.2) is 24.0 Å². The Balaban J connectivity index is 2.33. The summed E-state index contributed by atoms with van der Waals surface area (Å²) in [5.74, 6) is 0.676. The molecule has 1 unspecified atom stereocenters. The van der Waals surface area contributed by atoms with Crippen LogP contribution in [0, 0.1) is 5.92 Å². The van der Waals surface area contributed by atoms with Gasteiger partial charge in [0, 0.05) is 6.54 Å². The molecule has 0 aliphatic carbocycles. The van der Waals surface area contributed by atoms with E-state index in [9.17, 15) is 4.79 Å². The van der Waals surface area contributed by atoms with Crippen molar-refractivity contribution < 1.29 is 9.21 Å². The normalized spacial score (nSPS) is 12.6. The van der Waals surface area contributed by atoms with Gasteiger partial charge in [-0.05, 0) is 31.7 Å². The topological polar surface area (TPSA) is 107 Å². The lowest BCUT2D eigenvalue weighted by Crippen LogP contribution is -2.25. The van der Waals surface area contributed by atoms with E-state index in [0.29, 0.717) is 24.0 Å². The zero-order valence-corrected chi connectivity index (χ0v) is 13.1. The number of hydrogen-bond donors (Lipinski definition) is 3. The first-order chi connectivity index (χ1) is 10.0. The molecule has 0 saturated carbocycles. The van der Waals surface area contributed by atoms with E-state index in [1.165, 1.54) is 6.26 Å². The van der Waals surface area contributed by atoms with E-state index in [1.54, 1.807) is 0 Å². The van der Waals surface area contributed by atoms with Crippen molar-refractivity contribution in [2.75, 3.05) is 13.1 Å². The maximum Gasteiger partial charge on any atom is 0.273 e. The number of nitrogens with zero attached hydrogens (tertiary/aromatic N) is 1. The third-order valence-electron chi connectivity index (χ3n) is 3.21. The Bertz CT molecular complexity index is 418. The number of hydrogen-bond acceptors (Lipinski definition) is 5. The minimum atomic E-state index is -0.261. The number of unbranched alkanes of at least 4 members (excludes halogenated alkanes) is 3. The van der Waals surface area contributed by atoms with E-state index in [1.807, 2.05) is 0 Å². The molecule has 120 valence electrons. The van der Waals surface area contributed by atoms with Crippen LogP contribution in [0.15, 0.2) is 10.7 Å². The van der Waals surface area contributed by atoms with Crippen molar-refractivity contribution >= 4 is 5.91 Å². The smallest absolute Gasteiger partial charge is 0.273 e. The zero-order chi connectivity index (χ0) is 15.7. The van der Waals surface area contributed by atoms with Crippen LogP contribution in [0.25, 0.3) is 0 Å². The molecule has 0 radical (unpaired) electrons. The third-order valence-corrected chi connectivity index (χ3v) is 3.21. The first-order valence-electron chi connectivity index (χ1n) is 7.73. The molecule has 1 rings (SSSR count). The van der Waals surface area contributed by atoms with Gasteiger partial charge >= 0.3 is 0 Å². The van der Waals surface area contributed by atoms with Crippen LogP contribution >= 0.6 is 0 Å². The van der Waals surface area contributed by atoms with E-state index in [2.05, 4.69) is 24.1 Å². The van der Waals surface area contributed by atoms with Crippen molar-refractivity contribution in [2.45, 2.75) is 52.0 Å². The van der Waals surface area contributed by atoms with Crippen LogP contribution in [0.1, 0.15) is 68.4 Å². The van der Waals surface area contributed by atoms with Gasteiger partial charge in [0.15, 0.2) is 5.69 Å². The average Bonchev–Trinajstić information content (AvgIpc) is 2.91. The highest BCUT2D eigenvalue weighted by atomic mass is 16.3. The molecule has 5 N–H and O–H groups in total. The molecule has 1 atom stereocenters. The van der Waals surface area contributed by atoms with Gasteiger partial charge in [0.25, 0.3) is 5.91 Å². The molecular weight excluding hydrogens is 268 g/mol. The average molecular weight is 296 g/mol. The Morgan fingerprint density at radius 1 is 1.33 bits per heavy atom. The van der Waals surface area contributed by atoms with Crippen molar-refractivity contribution in [1.29, 1.82) is 0 Å². The Labute approximate surface area is 126 Å². The molecule has 0 saturated heterocycles. The fourth-order valence-electron chi connectivity index (χ4n) is 2.09. The molecule has 0 bridgehead atoms. The predicted octanol–water partition coefficient (Wildman–Crippen LogP) is 1.97. The van der Waals surface area contributed by atoms with Crippen molar-refractivity contribution in [1.82, 2.24) is 10.3 Å². The van der Waals surface area contributed by atoms with Gasteiger partial charge in [0.1, 0.15) is 6.26 Å². The molecule has 1 heterocycles. The number of carbonyl (C=O) groups is 1. The van der Waals surface area contributed by atoms with Gasteiger partial charge < -0.3 is 21.2 Å². The fourth-order valence-corrected chi connectivity index (χ4v) is 2.09. The van der Waals surface area contributed by atoms with Crippen molar-refractivity contribution in [3.8, 4) is 0 Å². The molecule has 1 aromatic rings. The fraction of sp³-hybridized carbons (Fsp3) is 0.733. The number of carbonyl (C=O) groups excluding carboxylic acids is 1. The predicted molar refractivity (Wildman–Crippen MR) is 82.7 cm³/mol. The summed E-state index contributed by atoms with van der Waals surface area (Å²) >= 11 is 0. The largest absolute Gasteiger partial charge is 0.446 e. The number of nitrogens with two attached hydrogens (primary N) is 2. The van der Waals surface area contributed by atoms with Crippen LogP contribution in [0.4, 0.5) is 0 Å². The van der Waals surface area contributed by atoms with Crippen molar-refractivity contribution in [2.24, 2.45) is 17.4 Å². The number of nitrogens with one attached hydrogen (secondary N) is 1. The first-order valence-corrected chi connectivity index (χ1v) is 7.73. The molecular formula is C15H28N4O2. The second-order valence-corrected chi connectivity index (χ2v) is 5.77. The van der Waals surface area contributed by atoms with Crippen LogP contribution in [0.5, 0.6) is 0 Å². The first kappa shape index (κ1) is 17.7. The molecule has 0 aliphatic heterocycles. The van der Waals surface area contributed by atoms with E-state index >= 15 is 0 Å². The van der Waals surface area contributed by atoms with E-state index < -0.39 is 0 Å². The summed E-state index contributed by atoms with van der Waals surface area (Å²) in [6.45, 7) is 5.54. The van der Waals surface area contributed by atoms with E-state index in [0.717, 1.165) is 38.6 Å². The molecule has 1 amide bonds. The quantitative estimate of drug-likeness (QED) is 0.572. The minimum Gasteiger partial charge on any atom is -0.446 e. The zero-order valence-electron chi connectivity index (χ0n) is 13.1. The highest BCUT2D eigenvalue weighted by Gasteiger charge is 2.17. The van der Waals surface area contributed by atoms with Crippen LogP contribution < -0.4 is 16.8 Å². The Morgan fingerprint density at radius 2 is 2.05 bits per heavy atom. The van der Waals surface area contributed by atoms with E-state index in [4.69, 9.17) is 15.9 Å². The summed E-state index contributed by atoms with van der Waals surface area (Å²) in [4.78, 5) is 16.1. The van der Waals surface area contributed by atoms with Crippen molar-refractivity contribution in [3.05, 3.63) is 17.8 Å². The van der Waals surface area contributed by atoms with Gasteiger partial charge in [-0.3, -0.25) is 4.79 Å². The minimum absolute atomic E-state index is 0.208. The maximum atomic E-state index is 11.9. The van der Waals surface area contributed by atoms with Gasteiger partial charge in [-0.25, -0.2) is 4.98 Å². The van der Waals surface area contributed by atoms with Crippen LogP contribution in [0.2, 0.25) is 0 Å². The second kappa shape index (κ2) is 9.52. The monoisotopic (exact) mass is 296 g/mol. The summed E-state index contributed by atoms with van der Waals surface area (Å²) < 4.78 is 5.30. The maximum absolute atomic E-state index is 11.9. The summed E-state index contributed by atoms with van der Waals surface area (Å²) in [6.07, 6.45) is 6.31. The van der Waals surface area contributed by atoms with Crippen molar-refractivity contribution in [3.63, 3.8) is 0 Å². The lowest BCUT2D eigenvalue weighted by molar-refractivity contribution is 0.0948. The lowest BCUT2D eigenvalue weighted by atomic mass is 10.0. The SMILES string of the molecule is CC(C)CC(N)c1nc(C(=O)NCCCCCCN)co1. The van der Waals surface area contributed by atoms with Gasteiger partial charge in [-0.15, -0.1) is 0 Å². The molecule has 0 fully saturated rings. The molecule has 0 spiro atoms. The Kier molecular flexibility index (Phi) is 8.00. The Morgan fingerprint density at radius 3 is 2.71 bits per heavy atom. The van der Waals surface area contributed by atoms with Crippen LogP contribution in [0.3, 0.4) is 0 Å². The molecule has 0 aliphatic rings. The molecule has 0 aromatic carbocycles. The number of aromatic nitrogens is 1. The number of rotatable bonds is 10. The summed E-state index contributed by atoms with van der Waals surface area (Å²) in [6, 6.07) is -0.261. The van der Waals surface area contributed by atoms with Gasteiger partial charge in [-0.2, -0.15) is 0 Å². The molecule has 1 aromatic heterocycles. The third kappa shape index (κ3) is 6.73. The number of amides is 1. The summed E-state index contributed by atoms with van der Waals surface area (Å²) in [5.41, 5.74) is 11.7. The van der Waals surface area contributed by atoms with E-state index in [-0.39, 0.29) is 11.9 Å². The summed E-state index contributed by atoms with van der Waals surface area (Å²) in [5, 5.41) is 2.84. The molecule has 6 nitrogen and oxygen atoms in total. The lowest BCUT2D eigenvalue weighted by Gasteiger charge is -2.09. The standard InChI is InChI=1S/C15H28N4O2/c1-11(2)9-12(17)15-19-13(10-21-15)14(20)18-8-6-4-3-5-7-16/h10-12H,3-9,16-17H2,1-2H3,(H,18,20). The van der Waals surface area contributed by atoms with Crippen LogP contribution in [-0.2, 0) is 0 Å². The number of oxazole rings is 1.